The lowest BCUT2D eigenvalue weighted by atomic mass is 9.59. The molecule has 0 amide bonds. The predicted octanol–water partition coefficient (Wildman–Crippen LogP) is 6.82. The molecule has 2 aromatic carbocycles. The van der Waals surface area contributed by atoms with Gasteiger partial charge < -0.3 is 0 Å². The smallest absolute Gasteiger partial charge is 0.192 e. The van der Waals surface area contributed by atoms with Crippen molar-refractivity contribution >= 4 is 21.7 Å². The summed E-state index contributed by atoms with van der Waals surface area (Å²) in [7, 11) is 0. The van der Waals surface area contributed by atoms with Crippen LogP contribution in [0.2, 0.25) is 0 Å². The number of aromatic nitrogens is 1. The van der Waals surface area contributed by atoms with Crippen molar-refractivity contribution < 1.29 is 4.57 Å². The molecule has 142 valence electrons. The van der Waals surface area contributed by atoms with Gasteiger partial charge in [-0.15, -0.1) is 0 Å². The van der Waals surface area contributed by atoms with Gasteiger partial charge in [-0.05, 0) is 54.8 Å². The second-order valence-corrected chi connectivity index (χ2v) is 8.60. The molecule has 1 aliphatic rings. The molecule has 0 bridgehead atoms. The number of benzene rings is 2. The molecule has 0 saturated heterocycles. The molecule has 1 nitrogen and oxygen atoms in total. The second-order valence-electron chi connectivity index (χ2n) is 8.60. The third-order valence-electron chi connectivity index (χ3n) is 7.79. The lowest BCUT2D eigenvalue weighted by Gasteiger charge is -2.47. The van der Waals surface area contributed by atoms with E-state index >= 15 is 0 Å². The fourth-order valence-corrected chi connectivity index (χ4v) is 6.01. The molecule has 0 aliphatic carbocycles. The Hall–Kier alpha value is -1.89. The van der Waals surface area contributed by atoms with Crippen molar-refractivity contribution in [1.29, 1.82) is 0 Å². The Morgan fingerprint density at radius 1 is 0.889 bits per heavy atom. The predicted molar refractivity (Wildman–Crippen MR) is 116 cm³/mol. The van der Waals surface area contributed by atoms with E-state index < -0.39 is 0 Å². The number of rotatable bonds is 6. The van der Waals surface area contributed by atoms with Crippen molar-refractivity contribution in [3.8, 4) is 0 Å². The normalized spacial score (nSPS) is 20.6. The van der Waals surface area contributed by atoms with Crippen molar-refractivity contribution in [2.45, 2.75) is 84.1 Å². The molecule has 1 heteroatoms. The Kier molecular flexibility index (Phi) is 4.53. The summed E-state index contributed by atoms with van der Waals surface area (Å²) >= 11 is 0. The number of aryl methyl sites for hydroxylation is 1. The molecule has 27 heavy (non-hydrogen) atoms. The maximum Gasteiger partial charge on any atom is 0.221 e. The van der Waals surface area contributed by atoms with E-state index in [1.165, 1.54) is 46.5 Å². The van der Waals surface area contributed by atoms with Crippen LogP contribution in [-0.2, 0) is 17.4 Å². The largest absolute Gasteiger partial charge is 0.221 e. The molecule has 1 aliphatic heterocycles. The fraction of sp³-hybridized carbons (Fsp3) is 0.500. The highest BCUT2D eigenvalue weighted by molar-refractivity contribution is 6.07. The fourth-order valence-electron chi connectivity index (χ4n) is 6.01. The van der Waals surface area contributed by atoms with E-state index in [0.29, 0.717) is 0 Å². The molecule has 0 fully saturated rings. The van der Waals surface area contributed by atoms with E-state index in [1.807, 2.05) is 0 Å². The minimum atomic E-state index is 0.132. The SMILES string of the molecule is CCCCc1ccc2c3c1ccc1ccc[n+](c13)C(CC)(CC)C2(C)CC. The van der Waals surface area contributed by atoms with E-state index in [-0.39, 0.29) is 11.0 Å². The van der Waals surface area contributed by atoms with Gasteiger partial charge in [-0.2, -0.15) is 4.57 Å². The molecule has 0 saturated carbocycles. The van der Waals surface area contributed by atoms with Crippen LogP contribution >= 0.6 is 0 Å². The first kappa shape index (κ1) is 18.5. The molecule has 0 radical (unpaired) electrons. The number of hydrogen-bond donors (Lipinski definition) is 0. The van der Waals surface area contributed by atoms with Crippen LogP contribution in [0.15, 0.2) is 42.6 Å². The zero-order valence-electron chi connectivity index (χ0n) is 17.7. The van der Waals surface area contributed by atoms with E-state index in [2.05, 4.69) is 81.8 Å². The summed E-state index contributed by atoms with van der Waals surface area (Å²) in [5.41, 5.74) is 4.82. The molecule has 1 aromatic heterocycles. The third kappa shape index (κ3) is 2.27. The van der Waals surface area contributed by atoms with Crippen LogP contribution in [0.3, 0.4) is 0 Å². The van der Waals surface area contributed by atoms with Gasteiger partial charge in [-0.1, -0.05) is 52.3 Å². The van der Waals surface area contributed by atoms with Gasteiger partial charge in [-0.25, -0.2) is 0 Å². The highest BCUT2D eigenvalue weighted by Gasteiger charge is 2.57. The van der Waals surface area contributed by atoms with E-state index in [9.17, 15) is 0 Å². The molecule has 2 heterocycles. The van der Waals surface area contributed by atoms with Crippen LogP contribution in [0.4, 0.5) is 0 Å². The summed E-state index contributed by atoms with van der Waals surface area (Å²) in [4.78, 5) is 0. The lowest BCUT2D eigenvalue weighted by Crippen LogP contribution is -2.67. The van der Waals surface area contributed by atoms with Crippen LogP contribution in [0, 0.1) is 0 Å². The average molecular weight is 361 g/mol. The zero-order chi connectivity index (χ0) is 19.2. The van der Waals surface area contributed by atoms with E-state index in [0.717, 1.165) is 19.3 Å². The van der Waals surface area contributed by atoms with Crippen LogP contribution in [0.5, 0.6) is 0 Å². The molecule has 4 rings (SSSR count). The number of pyridine rings is 1. The van der Waals surface area contributed by atoms with Crippen molar-refractivity contribution in [2.75, 3.05) is 0 Å². The minimum absolute atomic E-state index is 0.132. The van der Waals surface area contributed by atoms with Gasteiger partial charge in [0.2, 0.25) is 5.52 Å². The van der Waals surface area contributed by atoms with Crippen LogP contribution in [0.1, 0.15) is 77.8 Å². The van der Waals surface area contributed by atoms with Crippen molar-refractivity contribution in [1.82, 2.24) is 0 Å². The van der Waals surface area contributed by atoms with Crippen LogP contribution < -0.4 is 4.57 Å². The molecular formula is C26H34N+. The zero-order valence-corrected chi connectivity index (χ0v) is 17.7. The maximum atomic E-state index is 2.66. The summed E-state index contributed by atoms with van der Waals surface area (Å²) in [5, 5.41) is 4.38. The number of unbranched alkanes of at least 4 members (excludes halogenated alkanes) is 1. The summed E-state index contributed by atoms with van der Waals surface area (Å²) in [6, 6.07) is 14.2. The first-order valence-corrected chi connectivity index (χ1v) is 11.0. The Labute approximate surface area is 164 Å². The first-order chi connectivity index (χ1) is 13.1. The molecule has 0 spiro atoms. The molecule has 3 aromatic rings. The molecule has 1 atom stereocenters. The van der Waals surface area contributed by atoms with E-state index in [4.69, 9.17) is 0 Å². The number of nitrogens with zero attached hydrogens (tertiary/aromatic N) is 1. The first-order valence-electron chi connectivity index (χ1n) is 11.0. The van der Waals surface area contributed by atoms with E-state index in [1.54, 1.807) is 5.56 Å². The van der Waals surface area contributed by atoms with Gasteiger partial charge in [0, 0.05) is 24.3 Å². The van der Waals surface area contributed by atoms with Gasteiger partial charge in [0.1, 0.15) is 0 Å². The molecule has 1 unspecified atom stereocenters. The summed E-state index contributed by atoms with van der Waals surface area (Å²) in [6.07, 6.45) is 9.52. The Morgan fingerprint density at radius 2 is 1.67 bits per heavy atom. The van der Waals surface area contributed by atoms with Crippen LogP contribution in [-0.4, -0.2) is 0 Å². The monoisotopic (exact) mass is 360 g/mol. The van der Waals surface area contributed by atoms with Crippen molar-refractivity contribution in [2.24, 2.45) is 0 Å². The van der Waals surface area contributed by atoms with Gasteiger partial charge in [0.25, 0.3) is 0 Å². The topological polar surface area (TPSA) is 3.88 Å². The average Bonchev–Trinajstić information content (AvgIpc) is 2.72. The Bertz CT molecular complexity index is 996. The highest BCUT2D eigenvalue weighted by Crippen LogP contribution is 2.51. The van der Waals surface area contributed by atoms with Crippen molar-refractivity contribution in [3.63, 3.8) is 0 Å². The molecular weight excluding hydrogens is 326 g/mol. The second kappa shape index (κ2) is 6.62. The summed E-state index contributed by atoms with van der Waals surface area (Å²) < 4.78 is 2.66. The Morgan fingerprint density at radius 3 is 2.33 bits per heavy atom. The summed E-state index contributed by atoms with van der Waals surface area (Å²) in [6.45, 7) is 11.9. The third-order valence-corrected chi connectivity index (χ3v) is 7.79. The highest BCUT2D eigenvalue weighted by atomic mass is 15.1. The Balaban J connectivity index is 2.20. The van der Waals surface area contributed by atoms with Crippen molar-refractivity contribution in [3.05, 3.63) is 53.7 Å². The van der Waals surface area contributed by atoms with Gasteiger partial charge in [0.05, 0.1) is 10.8 Å². The van der Waals surface area contributed by atoms with Gasteiger partial charge in [-0.3, -0.25) is 0 Å². The quantitative estimate of drug-likeness (QED) is 0.335. The maximum absolute atomic E-state index is 2.66. The van der Waals surface area contributed by atoms with Crippen LogP contribution in [0.25, 0.3) is 21.7 Å². The molecule has 0 N–H and O–H groups in total. The number of hydrogen-bond acceptors (Lipinski definition) is 0. The lowest BCUT2D eigenvalue weighted by molar-refractivity contribution is -0.755. The minimum Gasteiger partial charge on any atom is -0.192 e. The summed E-state index contributed by atoms with van der Waals surface area (Å²) in [5.74, 6) is 0. The van der Waals surface area contributed by atoms with Gasteiger partial charge in [0.15, 0.2) is 11.7 Å². The van der Waals surface area contributed by atoms with Gasteiger partial charge >= 0.3 is 0 Å². The standard InChI is InChI=1S/C26H34N/c1-6-10-12-19-15-17-22-23-21(19)16-14-20-13-11-18-27(24(20)23)26(8-3,9-4)25(22,5)7-2/h11,13-18H,6-10,12H2,1-5H3/q+1.